The van der Waals surface area contributed by atoms with Crippen LogP contribution in [-0.4, -0.2) is 73.1 Å². The maximum atomic E-state index is 13.4. The van der Waals surface area contributed by atoms with Gasteiger partial charge in [0.1, 0.15) is 11.4 Å². The molecule has 3 aromatic rings. The summed E-state index contributed by atoms with van der Waals surface area (Å²) in [6.07, 6.45) is 3.92. The minimum Gasteiger partial charge on any atom is -0.495 e. The third-order valence-corrected chi connectivity index (χ3v) is 6.82. The Morgan fingerprint density at radius 2 is 1.75 bits per heavy atom. The molecule has 0 radical (unpaired) electrons. The van der Waals surface area contributed by atoms with E-state index in [-0.39, 0.29) is 5.91 Å². The minimum absolute atomic E-state index is 0.0548. The summed E-state index contributed by atoms with van der Waals surface area (Å²) < 4.78 is 5.55. The van der Waals surface area contributed by atoms with Crippen LogP contribution < -0.4 is 9.64 Å². The standard InChI is InChI=1S/C26H30N4O2/c1-32-24-11-5-4-10-23(24)29-17-15-28(16-18-29)21-8-6-14-30(19-21)26(31)25-22-9-3-2-7-20(22)12-13-27-25/h2-5,7,9-13,21H,6,8,14-19H2,1H3. The van der Waals surface area contributed by atoms with Crippen LogP contribution in [0.4, 0.5) is 5.69 Å². The Labute approximate surface area is 189 Å². The van der Waals surface area contributed by atoms with Crippen molar-refractivity contribution >= 4 is 22.4 Å². The molecule has 2 aliphatic rings. The number of fused-ring (bicyclic) bond motifs is 1. The molecular formula is C26H30N4O2. The lowest BCUT2D eigenvalue weighted by atomic mass is 10.0. The lowest BCUT2D eigenvalue weighted by molar-refractivity contribution is 0.0560. The molecule has 1 atom stereocenters. The van der Waals surface area contributed by atoms with Gasteiger partial charge in [0, 0.05) is 56.9 Å². The van der Waals surface area contributed by atoms with Gasteiger partial charge in [0.05, 0.1) is 12.8 Å². The highest BCUT2D eigenvalue weighted by atomic mass is 16.5. The van der Waals surface area contributed by atoms with Crippen LogP contribution in [0.2, 0.25) is 0 Å². The molecule has 5 rings (SSSR count). The summed E-state index contributed by atoms with van der Waals surface area (Å²) >= 11 is 0. The molecule has 2 saturated heterocycles. The van der Waals surface area contributed by atoms with Crippen LogP contribution in [0.1, 0.15) is 23.3 Å². The van der Waals surface area contributed by atoms with Crippen LogP contribution in [0.3, 0.4) is 0 Å². The van der Waals surface area contributed by atoms with Gasteiger partial charge in [0.15, 0.2) is 0 Å². The first-order chi connectivity index (χ1) is 15.7. The summed E-state index contributed by atoms with van der Waals surface area (Å²) in [5, 5.41) is 2.00. The molecule has 0 saturated carbocycles. The second kappa shape index (κ2) is 9.17. The molecule has 3 heterocycles. The van der Waals surface area contributed by atoms with E-state index in [0.29, 0.717) is 11.7 Å². The molecule has 2 aliphatic heterocycles. The molecule has 2 fully saturated rings. The van der Waals surface area contributed by atoms with Crippen molar-refractivity contribution in [2.75, 3.05) is 51.3 Å². The number of carbonyl (C=O) groups is 1. The number of hydrogen-bond acceptors (Lipinski definition) is 5. The Morgan fingerprint density at radius 3 is 2.59 bits per heavy atom. The number of anilines is 1. The molecule has 32 heavy (non-hydrogen) atoms. The van der Waals surface area contributed by atoms with E-state index in [9.17, 15) is 4.79 Å². The topological polar surface area (TPSA) is 48.9 Å². The highest BCUT2D eigenvalue weighted by molar-refractivity contribution is 6.05. The first-order valence-electron chi connectivity index (χ1n) is 11.5. The first kappa shape index (κ1) is 20.8. The van der Waals surface area contributed by atoms with Crippen molar-refractivity contribution in [2.24, 2.45) is 0 Å². The number of hydrogen-bond donors (Lipinski definition) is 0. The van der Waals surface area contributed by atoms with Gasteiger partial charge in [-0.2, -0.15) is 0 Å². The van der Waals surface area contributed by atoms with E-state index in [1.807, 2.05) is 47.4 Å². The Hall–Kier alpha value is -3.12. The van der Waals surface area contributed by atoms with Gasteiger partial charge in [0.25, 0.3) is 5.91 Å². The molecule has 6 heteroatoms. The summed E-state index contributed by atoms with van der Waals surface area (Å²) in [7, 11) is 1.73. The zero-order valence-corrected chi connectivity index (χ0v) is 18.6. The maximum absolute atomic E-state index is 13.4. The molecule has 166 valence electrons. The molecule has 6 nitrogen and oxygen atoms in total. The second-order valence-corrected chi connectivity index (χ2v) is 8.62. The van der Waals surface area contributed by atoms with Crippen LogP contribution in [0, 0.1) is 0 Å². The largest absolute Gasteiger partial charge is 0.495 e. The quantitative estimate of drug-likeness (QED) is 0.632. The number of pyridine rings is 1. The van der Waals surface area contributed by atoms with Crippen molar-refractivity contribution in [3.8, 4) is 5.75 Å². The lowest BCUT2D eigenvalue weighted by Gasteiger charge is -2.44. The van der Waals surface area contributed by atoms with Gasteiger partial charge < -0.3 is 14.5 Å². The predicted molar refractivity (Wildman–Crippen MR) is 127 cm³/mol. The van der Waals surface area contributed by atoms with Crippen molar-refractivity contribution in [1.82, 2.24) is 14.8 Å². The lowest BCUT2D eigenvalue weighted by Crippen LogP contribution is -2.56. The van der Waals surface area contributed by atoms with Crippen molar-refractivity contribution in [2.45, 2.75) is 18.9 Å². The summed E-state index contributed by atoms with van der Waals surface area (Å²) in [4.78, 5) is 24.8. The molecule has 0 aliphatic carbocycles. The minimum atomic E-state index is 0.0548. The number of methoxy groups -OCH3 is 1. The highest BCUT2D eigenvalue weighted by Gasteiger charge is 2.31. The summed E-state index contributed by atoms with van der Waals surface area (Å²) in [6, 6.07) is 18.6. The van der Waals surface area contributed by atoms with Gasteiger partial charge in [-0.15, -0.1) is 0 Å². The number of ether oxygens (including phenoxy) is 1. The van der Waals surface area contributed by atoms with E-state index in [1.165, 1.54) is 0 Å². The number of piperazine rings is 1. The van der Waals surface area contributed by atoms with Gasteiger partial charge in [-0.05, 0) is 36.4 Å². The van der Waals surface area contributed by atoms with Gasteiger partial charge in [-0.25, -0.2) is 0 Å². The smallest absolute Gasteiger partial charge is 0.273 e. The fourth-order valence-electron chi connectivity index (χ4n) is 5.10. The Morgan fingerprint density at radius 1 is 0.969 bits per heavy atom. The number of para-hydroxylation sites is 2. The van der Waals surface area contributed by atoms with Crippen molar-refractivity contribution < 1.29 is 9.53 Å². The Bertz CT molecular complexity index is 1090. The third-order valence-electron chi connectivity index (χ3n) is 6.82. The Balaban J connectivity index is 1.25. The zero-order chi connectivity index (χ0) is 21.9. The van der Waals surface area contributed by atoms with E-state index in [4.69, 9.17) is 4.74 Å². The average molecular weight is 431 g/mol. The highest BCUT2D eigenvalue weighted by Crippen LogP contribution is 2.29. The van der Waals surface area contributed by atoms with Crippen molar-refractivity contribution in [3.05, 3.63) is 66.5 Å². The zero-order valence-electron chi connectivity index (χ0n) is 18.6. The Kier molecular flexibility index (Phi) is 5.95. The van der Waals surface area contributed by atoms with Crippen LogP contribution in [-0.2, 0) is 0 Å². The average Bonchev–Trinajstić information content (AvgIpc) is 2.88. The predicted octanol–water partition coefficient (Wildman–Crippen LogP) is 3.67. The van der Waals surface area contributed by atoms with E-state index >= 15 is 0 Å². The monoisotopic (exact) mass is 430 g/mol. The van der Waals surface area contributed by atoms with Crippen molar-refractivity contribution in [3.63, 3.8) is 0 Å². The third kappa shape index (κ3) is 4.02. The summed E-state index contributed by atoms with van der Waals surface area (Å²) in [5.41, 5.74) is 1.74. The number of rotatable bonds is 4. The number of amides is 1. The molecule has 1 aromatic heterocycles. The maximum Gasteiger partial charge on any atom is 0.273 e. The second-order valence-electron chi connectivity index (χ2n) is 8.62. The fraction of sp³-hybridized carbons (Fsp3) is 0.385. The van der Waals surface area contributed by atoms with Crippen LogP contribution in [0.25, 0.3) is 10.8 Å². The van der Waals surface area contributed by atoms with Gasteiger partial charge in [-0.1, -0.05) is 36.4 Å². The van der Waals surface area contributed by atoms with Crippen LogP contribution in [0.15, 0.2) is 60.8 Å². The summed E-state index contributed by atoms with van der Waals surface area (Å²) in [5.74, 6) is 0.983. The molecule has 0 N–H and O–H groups in total. The molecular weight excluding hydrogens is 400 g/mol. The molecule has 1 amide bonds. The summed E-state index contributed by atoms with van der Waals surface area (Å²) in [6.45, 7) is 5.51. The molecule has 0 bridgehead atoms. The number of nitrogens with zero attached hydrogens (tertiary/aromatic N) is 4. The van der Waals surface area contributed by atoms with Crippen LogP contribution in [0.5, 0.6) is 5.75 Å². The number of benzene rings is 2. The number of likely N-dealkylation sites (tertiary alicyclic amines) is 1. The molecule has 1 unspecified atom stereocenters. The SMILES string of the molecule is COc1ccccc1N1CCN(C2CCCN(C(=O)c3nccc4ccccc34)C2)CC1. The number of piperidine rings is 1. The fourth-order valence-corrected chi connectivity index (χ4v) is 5.10. The molecule has 2 aromatic carbocycles. The normalized spacial score (nSPS) is 19.8. The van der Waals surface area contributed by atoms with Gasteiger partial charge in [-0.3, -0.25) is 14.7 Å². The van der Waals surface area contributed by atoms with E-state index < -0.39 is 0 Å². The van der Waals surface area contributed by atoms with Crippen LogP contribution >= 0.6 is 0 Å². The van der Waals surface area contributed by atoms with E-state index in [0.717, 1.165) is 74.3 Å². The van der Waals surface area contributed by atoms with E-state index in [2.05, 4.69) is 26.9 Å². The van der Waals surface area contributed by atoms with E-state index in [1.54, 1.807) is 13.3 Å². The number of carbonyl (C=O) groups excluding carboxylic acids is 1. The van der Waals surface area contributed by atoms with Crippen molar-refractivity contribution in [1.29, 1.82) is 0 Å². The molecule has 0 spiro atoms. The number of aromatic nitrogens is 1. The van der Waals surface area contributed by atoms with Gasteiger partial charge >= 0.3 is 0 Å². The van der Waals surface area contributed by atoms with Gasteiger partial charge in [0.2, 0.25) is 0 Å². The first-order valence-corrected chi connectivity index (χ1v) is 11.5.